The minimum absolute atomic E-state index is 0.192. The molecule has 0 spiro atoms. The third-order valence-electron chi connectivity index (χ3n) is 5.92. The molecule has 164 valence electrons. The Labute approximate surface area is 188 Å². The van der Waals surface area contributed by atoms with Crippen LogP contribution in [0.1, 0.15) is 49.5 Å². The Morgan fingerprint density at radius 1 is 1.26 bits per heavy atom. The summed E-state index contributed by atoms with van der Waals surface area (Å²) in [7, 11) is 0. The van der Waals surface area contributed by atoms with E-state index < -0.39 is 0 Å². The lowest BCUT2D eigenvalue weighted by atomic mass is 10.00. The number of carbonyl (C=O) groups excluding carboxylic acids is 1. The lowest BCUT2D eigenvalue weighted by Crippen LogP contribution is -2.40. The average Bonchev–Trinajstić information content (AvgIpc) is 3.27. The van der Waals surface area contributed by atoms with Gasteiger partial charge in [0.25, 0.3) is 5.91 Å². The summed E-state index contributed by atoms with van der Waals surface area (Å²) in [4.78, 5) is 19.9. The van der Waals surface area contributed by atoms with Crippen LogP contribution in [0.15, 0.2) is 47.1 Å². The first kappa shape index (κ1) is 21.7. The number of furan rings is 1. The van der Waals surface area contributed by atoms with Gasteiger partial charge in [-0.05, 0) is 62.6 Å². The van der Waals surface area contributed by atoms with E-state index in [-0.39, 0.29) is 5.91 Å². The van der Waals surface area contributed by atoms with Crippen LogP contribution in [0, 0.1) is 0 Å². The molecule has 3 heterocycles. The Balaban J connectivity index is 1.39. The molecule has 7 heteroatoms. The lowest BCUT2D eigenvalue weighted by molar-refractivity contribution is 0.0942. The van der Waals surface area contributed by atoms with Gasteiger partial charge in [0.1, 0.15) is 17.1 Å². The molecule has 6 nitrogen and oxygen atoms in total. The van der Waals surface area contributed by atoms with E-state index in [9.17, 15) is 4.79 Å². The number of fused-ring (bicyclic) bond motifs is 1. The third-order valence-corrected chi connectivity index (χ3v) is 6.17. The number of amides is 1. The van der Waals surface area contributed by atoms with Crippen LogP contribution >= 0.6 is 11.6 Å². The number of halogens is 1. The van der Waals surface area contributed by atoms with Gasteiger partial charge in [0.05, 0.1) is 11.6 Å². The summed E-state index contributed by atoms with van der Waals surface area (Å²) in [6.45, 7) is 5.08. The summed E-state index contributed by atoms with van der Waals surface area (Å²) in [6.07, 6.45) is 7.63. The molecular formula is C24H29ClN4O2. The highest BCUT2D eigenvalue weighted by Gasteiger charge is 2.20. The van der Waals surface area contributed by atoms with Crippen LogP contribution in [0.5, 0.6) is 0 Å². The molecule has 1 fully saturated rings. The van der Waals surface area contributed by atoms with E-state index in [1.807, 2.05) is 18.2 Å². The Kier molecular flexibility index (Phi) is 7.10. The minimum atomic E-state index is -0.192. The van der Waals surface area contributed by atoms with Crippen molar-refractivity contribution in [1.29, 1.82) is 0 Å². The molecule has 1 aliphatic heterocycles. The van der Waals surface area contributed by atoms with Crippen molar-refractivity contribution in [3.8, 4) is 0 Å². The molecule has 1 amide bonds. The van der Waals surface area contributed by atoms with E-state index in [2.05, 4.69) is 27.4 Å². The molecule has 4 rings (SSSR count). The highest BCUT2D eigenvalue weighted by Crippen LogP contribution is 2.27. The summed E-state index contributed by atoms with van der Waals surface area (Å²) in [5, 5.41) is 7.76. The predicted molar refractivity (Wildman–Crippen MR) is 125 cm³/mol. The number of hydrogen-bond donors (Lipinski definition) is 2. The van der Waals surface area contributed by atoms with Gasteiger partial charge in [0, 0.05) is 35.9 Å². The van der Waals surface area contributed by atoms with Gasteiger partial charge in [-0.25, -0.2) is 4.98 Å². The molecular weight excluding hydrogens is 412 g/mol. The second-order valence-corrected chi connectivity index (χ2v) is 8.46. The number of carbonyl (C=O) groups is 1. The number of nitrogens with one attached hydrogen (secondary N) is 2. The molecule has 0 unspecified atom stereocenters. The highest BCUT2D eigenvalue weighted by molar-refractivity contribution is 6.30. The van der Waals surface area contributed by atoms with E-state index in [0.29, 0.717) is 34.7 Å². The first-order valence-corrected chi connectivity index (χ1v) is 11.4. The van der Waals surface area contributed by atoms with E-state index in [0.717, 1.165) is 24.0 Å². The van der Waals surface area contributed by atoms with Gasteiger partial charge in [-0.3, -0.25) is 4.79 Å². The van der Waals surface area contributed by atoms with Gasteiger partial charge in [0.15, 0.2) is 0 Å². The van der Waals surface area contributed by atoms with E-state index in [1.54, 1.807) is 24.5 Å². The second kappa shape index (κ2) is 10.2. The molecule has 0 radical (unpaired) electrons. The van der Waals surface area contributed by atoms with Gasteiger partial charge in [-0.15, -0.1) is 0 Å². The highest BCUT2D eigenvalue weighted by atomic mass is 35.5. The van der Waals surface area contributed by atoms with Crippen molar-refractivity contribution in [1.82, 2.24) is 15.2 Å². The number of aromatic nitrogens is 1. The van der Waals surface area contributed by atoms with Crippen LogP contribution in [0.3, 0.4) is 0 Å². The van der Waals surface area contributed by atoms with E-state index in [1.165, 1.54) is 32.2 Å². The predicted octanol–water partition coefficient (Wildman–Crippen LogP) is 5.61. The van der Waals surface area contributed by atoms with Gasteiger partial charge in [-0.1, -0.05) is 24.9 Å². The number of pyridine rings is 1. The Morgan fingerprint density at radius 2 is 2.10 bits per heavy atom. The number of nitrogens with zero attached hydrogens (tertiary/aromatic N) is 2. The van der Waals surface area contributed by atoms with Crippen LogP contribution < -0.4 is 10.6 Å². The van der Waals surface area contributed by atoms with Crippen molar-refractivity contribution in [3.63, 3.8) is 0 Å². The van der Waals surface area contributed by atoms with Crippen LogP contribution in [-0.4, -0.2) is 41.5 Å². The number of benzene rings is 1. The zero-order valence-corrected chi connectivity index (χ0v) is 18.6. The standard InChI is InChI=1S/C24H29ClN4O2/c1-2-19-6-3-4-13-29(19)14-5-12-26-24(30)21-16-22-20(11-15-31-22)23(28-21)27-18-9-7-17(25)8-10-18/h7-11,15-16,19H,2-6,12-14H2,1H3,(H,26,30)(H,27,28)/t19-/m0/s1. The Morgan fingerprint density at radius 3 is 2.90 bits per heavy atom. The van der Waals surface area contributed by atoms with Crippen LogP contribution in [0.4, 0.5) is 11.5 Å². The maximum absolute atomic E-state index is 12.8. The number of hydrogen-bond acceptors (Lipinski definition) is 5. The van der Waals surface area contributed by atoms with Crippen molar-refractivity contribution in [2.75, 3.05) is 25.0 Å². The zero-order chi connectivity index (χ0) is 21.6. The normalized spacial score (nSPS) is 17.0. The van der Waals surface area contributed by atoms with Crippen molar-refractivity contribution >= 4 is 40.0 Å². The van der Waals surface area contributed by atoms with E-state index >= 15 is 0 Å². The number of rotatable bonds is 8. The second-order valence-electron chi connectivity index (χ2n) is 8.02. The fourth-order valence-electron chi connectivity index (χ4n) is 4.24. The Hall–Kier alpha value is -2.57. The third kappa shape index (κ3) is 5.38. The number of piperidine rings is 1. The molecule has 3 aromatic rings. The minimum Gasteiger partial charge on any atom is -0.464 e. The average molecular weight is 441 g/mol. The Bertz CT molecular complexity index is 1020. The maximum atomic E-state index is 12.8. The largest absolute Gasteiger partial charge is 0.464 e. The SMILES string of the molecule is CC[C@H]1CCCCN1CCCNC(=O)c1cc2occc2c(Nc2ccc(Cl)cc2)n1. The van der Waals surface area contributed by atoms with Gasteiger partial charge >= 0.3 is 0 Å². The van der Waals surface area contributed by atoms with Crippen molar-refractivity contribution in [3.05, 3.63) is 53.4 Å². The molecule has 1 aliphatic rings. The molecule has 31 heavy (non-hydrogen) atoms. The maximum Gasteiger partial charge on any atom is 0.270 e. The molecule has 1 saturated heterocycles. The van der Waals surface area contributed by atoms with E-state index in [4.69, 9.17) is 16.0 Å². The smallest absolute Gasteiger partial charge is 0.270 e. The van der Waals surface area contributed by atoms with Crippen molar-refractivity contribution < 1.29 is 9.21 Å². The van der Waals surface area contributed by atoms with Crippen LogP contribution in [-0.2, 0) is 0 Å². The van der Waals surface area contributed by atoms with Crippen molar-refractivity contribution in [2.45, 2.75) is 45.1 Å². The zero-order valence-electron chi connectivity index (χ0n) is 17.9. The first-order valence-electron chi connectivity index (χ1n) is 11.1. The summed E-state index contributed by atoms with van der Waals surface area (Å²) in [5.74, 6) is 0.390. The molecule has 2 N–H and O–H groups in total. The first-order chi connectivity index (χ1) is 15.1. The molecule has 0 aliphatic carbocycles. The van der Waals surface area contributed by atoms with Crippen molar-refractivity contribution in [2.24, 2.45) is 0 Å². The topological polar surface area (TPSA) is 70.4 Å². The number of anilines is 2. The fourth-order valence-corrected chi connectivity index (χ4v) is 4.36. The molecule has 0 saturated carbocycles. The summed E-state index contributed by atoms with van der Waals surface area (Å²) in [6, 6.07) is 11.6. The van der Waals surface area contributed by atoms with Gasteiger partial charge in [-0.2, -0.15) is 0 Å². The molecule has 0 bridgehead atoms. The number of likely N-dealkylation sites (tertiary alicyclic amines) is 1. The monoisotopic (exact) mass is 440 g/mol. The summed E-state index contributed by atoms with van der Waals surface area (Å²) < 4.78 is 5.55. The quantitative estimate of drug-likeness (QED) is 0.445. The molecule has 2 aromatic heterocycles. The van der Waals surface area contributed by atoms with Gasteiger partial charge < -0.3 is 20.0 Å². The van der Waals surface area contributed by atoms with Gasteiger partial charge in [0.2, 0.25) is 0 Å². The fraction of sp³-hybridized carbons (Fsp3) is 0.417. The molecule has 1 atom stereocenters. The summed E-state index contributed by atoms with van der Waals surface area (Å²) in [5.41, 5.74) is 1.79. The van der Waals surface area contributed by atoms with Crippen LogP contribution in [0.2, 0.25) is 5.02 Å². The lowest BCUT2D eigenvalue weighted by Gasteiger charge is -2.35. The molecule has 1 aromatic carbocycles. The van der Waals surface area contributed by atoms with Crippen LogP contribution in [0.25, 0.3) is 11.0 Å². The summed E-state index contributed by atoms with van der Waals surface area (Å²) >= 11 is 5.97.